The topological polar surface area (TPSA) is 21.6 Å². The Labute approximate surface area is 197 Å². The molecule has 0 amide bonds. The number of alkyl halides is 3. The van der Waals surface area contributed by atoms with E-state index in [1.165, 1.54) is 0 Å². The van der Waals surface area contributed by atoms with Gasteiger partial charge in [0.15, 0.2) is 11.6 Å². The van der Waals surface area contributed by atoms with E-state index in [1.807, 2.05) is 50.3 Å². The number of hydrogen-bond donors (Lipinski definition) is 0. The lowest BCUT2D eigenvalue weighted by Gasteiger charge is -2.31. The van der Waals surface area contributed by atoms with Crippen molar-refractivity contribution in [1.29, 1.82) is 0 Å². The number of nitrogens with zero attached hydrogens (tertiary/aromatic N) is 1. The number of rotatable bonds is 3. The number of benzene rings is 2. The van der Waals surface area contributed by atoms with E-state index in [4.69, 9.17) is 28.0 Å². The standard InChI is InChI=1S/C24H18Cl2F5NO/c1-22(2)10-14(13-6-4-3-5-7-13)8-15(11-22)18-12-23(33-32-18,24(29,30)31)16-9-17(25)21(28)19(26)20(16)27/h3-9,11H,10,12H2,1-2H3. The normalized spacial score (nSPS) is 22.4. The molecule has 1 unspecified atom stereocenters. The van der Waals surface area contributed by atoms with Gasteiger partial charge in [-0.05, 0) is 40.7 Å². The third-order valence-electron chi connectivity index (χ3n) is 5.72. The summed E-state index contributed by atoms with van der Waals surface area (Å²) in [7, 11) is 0. The fourth-order valence-corrected chi connectivity index (χ4v) is 4.61. The van der Waals surface area contributed by atoms with Crippen LogP contribution < -0.4 is 0 Å². The van der Waals surface area contributed by atoms with Crippen molar-refractivity contribution in [3.8, 4) is 0 Å². The molecule has 2 aromatic rings. The van der Waals surface area contributed by atoms with Crippen LogP contribution in [0.5, 0.6) is 0 Å². The summed E-state index contributed by atoms with van der Waals surface area (Å²) < 4.78 is 71.5. The van der Waals surface area contributed by atoms with E-state index < -0.39 is 45.4 Å². The minimum absolute atomic E-state index is 0.00972. The number of allylic oxidation sites excluding steroid dienone is 4. The largest absolute Gasteiger partial charge is 0.435 e. The van der Waals surface area contributed by atoms with Crippen LogP contribution in [0.2, 0.25) is 10.0 Å². The summed E-state index contributed by atoms with van der Waals surface area (Å²) in [6.45, 7) is 3.91. The van der Waals surface area contributed by atoms with Crippen molar-refractivity contribution in [2.75, 3.05) is 0 Å². The molecule has 0 spiro atoms. The van der Waals surface area contributed by atoms with Crippen LogP contribution in [-0.4, -0.2) is 11.9 Å². The van der Waals surface area contributed by atoms with Gasteiger partial charge in [0.05, 0.1) is 17.2 Å². The Bertz CT molecular complexity index is 1200. The molecule has 0 fully saturated rings. The quantitative estimate of drug-likeness (QED) is 0.235. The second-order valence-corrected chi connectivity index (χ2v) is 9.56. The van der Waals surface area contributed by atoms with Crippen LogP contribution in [0.1, 0.15) is 37.8 Å². The van der Waals surface area contributed by atoms with Crippen molar-refractivity contribution >= 4 is 34.5 Å². The first-order valence-corrected chi connectivity index (χ1v) is 10.7. The van der Waals surface area contributed by atoms with Crippen molar-refractivity contribution in [2.45, 2.75) is 38.5 Å². The molecule has 1 atom stereocenters. The SMILES string of the molecule is CC1(C)C=C(C2=NOC(c3cc(Cl)c(F)c(Cl)c3F)(C(F)(F)F)C2)C=C(c2ccccc2)C1. The first-order chi connectivity index (χ1) is 15.3. The Morgan fingerprint density at radius 2 is 1.67 bits per heavy atom. The molecular weight excluding hydrogens is 484 g/mol. The van der Waals surface area contributed by atoms with Gasteiger partial charge in [0, 0.05) is 5.56 Å². The molecule has 0 N–H and O–H groups in total. The van der Waals surface area contributed by atoms with E-state index in [0.29, 0.717) is 18.1 Å². The van der Waals surface area contributed by atoms with Crippen LogP contribution in [0.3, 0.4) is 0 Å². The van der Waals surface area contributed by atoms with Crippen molar-refractivity contribution in [3.05, 3.63) is 86.9 Å². The van der Waals surface area contributed by atoms with Gasteiger partial charge in [-0.25, -0.2) is 8.78 Å². The van der Waals surface area contributed by atoms with Crippen molar-refractivity contribution in [2.24, 2.45) is 10.6 Å². The molecule has 1 aliphatic heterocycles. The molecule has 9 heteroatoms. The fourth-order valence-electron chi connectivity index (χ4n) is 4.15. The molecule has 4 rings (SSSR count). The maximum atomic E-state index is 14.8. The summed E-state index contributed by atoms with van der Waals surface area (Å²) in [5.74, 6) is -2.94. The molecule has 0 saturated heterocycles. The van der Waals surface area contributed by atoms with E-state index in [1.54, 1.807) is 6.08 Å². The van der Waals surface area contributed by atoms with Crippen LogP contribution in [0.15, 0.2) is 59.3 Å². The maximum absolute atomic E-state index is 14.8. The first-order valence-electron chi connectivity index (χ1n) is 9.99. The monoisotopic (exact) mass is 501 g/mol. The summed E-state index contributed by atoms with van der Waals surface area (Å²) >= 11 is 11.3. The summed E-state index contributed by atoms with van der Waals surface area (Å²) in [6, 6.07) is 9.99. The van der Waals surface area contributed by atoms with Gasteiger partial charge in [0.25, 0.3) is 5.60 Å². The van der Waals surface area contributed by atoms with Crippen LogP contribution in [0, 0.1) is 17.0 Å². The van der Waals surface area contributed by atoms with E-state index in [9.17, 15) is 22.0 Å². The van der Waals surface area contributed by atoms with Gasteiger partial charge in [-0.1, -0.05) is 78.6 Å². The predicted octanol–water partition coefficient (Wildman–Crippen LogP) is 8.25. The minimum Gasteiger partial charge on any atom is -0.374 e. The van der Waals surface area contributed by atoms with Crippen LogP contribution >= 0.6 is 23.2 Å². The van der Waals surface area contributed by atoms with E-state index in [0.717, 1.165) is 11.1 Å². The van der Waals surface area contributed by atoms with Gasteiger partial charge in [-0.15, -0.1) is 0 Å². The summed E-state index contributed by atoms with van der Waals surface area (Å²) in [4.78, 5) is 4.91. The van der Waals surface area contributed by atoms with Crippen molar-refractivity contribution in [3.63, 3.8) is 0 Å². The Morgan fingerprint density at radius 3 is 2.30 bits per heavy atom. The lowest BCUT2D eigenvalue weighted by atomic mass is 9.75. The lowest BCUT2D eigenvalue weighted by molar-refractivity contribution is -0.276. The van der Waals surface area contributed by atoms with Gasteiger partial charge in [0.1, 0.15) is 5.02 Å². The third kappa shape index (κ3) is 4.17. The zero-order chi connectivity index (χ0) is 24.2. The predicted molar refractivity (Wildman–Crippen MR) is 118 cm³/mol. The lowest BCUT2D eigenvalue weighted by Crippen LogP contribution is -2.43. The van der Waals surface area contributed by atoms with Gasteiger partial charge in [-0.2, -0.15) is 13.2 Å². The highest BCUT2D eigenvalue weighted by molar-refractivity contribution is 6.35. The van der Waals surface area contributed by atoms with Crippen LogP contribution in [0.25, 0.3) is 5.57 Å². The molecule has 33 heavy (non-hydrogen) atoms. The number of halogens is 7. The molecule has 0 radical (unpaired) electrons. The Hall–Kier alpha value is -2.38. The fraction of sp³-hybridized carbons (Fsp3) is 0.292. The maximum Gasteiger partial charge on any atom is 0.435 e. The van der Waals surface area contributed by atoms with Gasteiger partial charge in [0.2, 0.25) is 0 Å². The Kier molecular flexibility index (Phi) is 5.86. The second kappa shape index (κ2) is 8.13. The molecule has 2 nitrogen and oxygen atoms in total. The van der Waals surface area contributed by atoms with Gasteiger partial charge in [-0.3, -0.25) is 0 Å². The zero-order valence-electron chi connectivity index (χ0n) is 17.5. The highest BCUT2D eigenvalue weighted by atomic mass is 35.5. The third-order valence-corrected chi connectivity index (χ3v) is 6.33. The zero-order valence-corrected chi connectivity index (χ0v) is 19.0. The average Bonchev–Trinajstić information content (AvgIpc) is 3.21. The summed E-state index contributed by atoms with van der Waals surface area (Å²) in [5, 5.41) is 1.82. The second-order valence-electron chi connectivity index (χ2n) is 8.78. The highest BCUT2D eigenvalue weighted by Gasteiger charge is 2.64. The van der Waals surface area contributed by atoms with Crippen molar-refractivity contribution in [1.82, 2.24) is 0 Å². The summed E-state index contributed by atoms with van der Waals surface area (Å²) in [5.41, 5.74) is -2.32. The minimum atomic E-state index is -5.10. The number of hydrogen-bond acceptors (Lipinski definition) is 2. The molecule has 0 aromatic heterocycles. The van der Waals surface area contributed by atoms with E-state index in [-0.39, 0.29) is 11.1 Å². The molecule has 2 aliphatic rings. The molecule has 0 saturated carbocycles. The summed E-state index contributed by atoms with van der Waals surface area (Å²) in [6.07, 6.45) is -1.69. The Morgan fingerprint density at radius 1 is 1.00 bits per heavy atom. The van der Waals surface area contributed by atoms with E-state index in [2.05, 4.69) is 5.16 Å². The molecule has 1 aliphatic carbocycles. The molecule has 174 valence electrons. The Balaban J connectivity index is 1.79. The molecular formula is C24H18Cl2F5NO. The molecule has 2 aromatic carbocycles. The van der Waals surface area contributed by atoms with Crippen LogP contribution in [-0.2, 0) is 10.4 Å². The van der Waals surface area contributed by atoms with Gasteiger partial charge >= 0.3 is 6.18 Å². The van der Waals surface area contributed by atoms with Crippen LogP contribution in [0.4, 0.5) is 22.0 Å². The number of oxime groups is 1. The molecule has 0 bridgehead atoms. The first kappa shape index (κ1) is 23.8. The molecule has 1 heterocycles. The van der Waals surface area contributed by atoms with Gasteiger partial charge < -0.3 is 4.84 Å². The smallest absolute Gasteiger partial charge is 0.374 e. The average molecular weight is 502 g/mol. The van der Waals surface area contributed by atoms with E-state index >= 15 is 0 Å². The highest BCUT2D eigenvalue weighted by Crippen LogP contribution is 2.52. The van der Waals surface area contributed by atoms with Crippen molar-refractivity contribution < 1.29 is 26.8 Å².